The molecule has 0 spiro atoms. The van der Waals surface area contributed by atoms with Crippen LogP contribution in [0, 0.1) is 0 Å². The Labute approximate surface area is 139 Å². The van der Waals surface area contributed by atoms with Crippen molar-refractivity contribution in [2.45, 2.75) is 49.3 Å². The summed E-state index contributed by atoms with van der Waals surface area (Å²) in [6, 6.07) is 15.9. The summed E-state index contributed by atoms with van der Waals surface area (Å²) in [4.78, 5) is 2.74. The fourth-order valence-corrected chi connectivity index (χ4v) is 3.67. The molecule has 2 heteroatoms. The van der Waals surface area contributed by atoms with E-state index in [0.717, 1.165) is 25.8 Å². The maximum Gasteiger partial charge on any atom is 0.0154 e. The normalized spacial score (nSPS) is 10.9. The highest BCUT2D eigenvalue weighted by atomic mass is 32.2. The summed E-state index contributed by atoms with van der Waals surface area (Å²) in [6.45, 7) is 5.54. The van der Waals surface area contributed by atoms with Crippen molar-refractivity contribution < 1.29 is 0 Å². The van der Waals surface area contributed by atoms with E-state index in [0.29, 0.717) is 0 Å². The van der Waals surface area contributed by atoms with Gasteiger partial charge in [-0.25, -0.2) is 0 Å². The lowest BCUT2D eigenvalue weighted by atomic mass is 10.1. The first-order valence-electron chi connectivity index (χ1n) is 8.30. The van der Waals surface area contributed by atoms with E-state index in [4.69, 9.17) is 0 Å². The van der Waals surface area contributed by atoms with Crippen LogP contribution in [-0.2, 0) is 19.3 Å². The number of hydrogen-bond acceptors (Lipinski definition) is 2. The van der Waals surface area contributed by atoms with Gasteiger partial charge in [-0.1, -0.05) is 49.9 Å². The predicted molar refractivity (Wildman–Crippen MR) is 98.0 cm³/mol. The van der Waals surface area contributed by atoms with Crippen LogP contribution in [0.4, 0.5) is 0 Å². The van der Waals surface area contributed by atoms with Crippen molar-refractivity contribution in [3.8, 4) is 0 Å². The lowest BCUT2D eigenvalue weighted by Gasteiger charge is -2.10. The highest BCUT2D eigenvalue weighted by Gasteiger charge is 2.05. The standard InChI is InChI=1S/C20H27NS/c1-4-16-11-12-20(18(5-2)14-16)22-19-10-6-8-17(15-19)9-7-13-21-3/h6,8,10-12,14-15,21H,4-5,7,9,13H2,1-3H3. The molecule has 0 radical (unpaired) electrons. The van der Waals surface area contributed by atoms with Crippen molar-refractivity contribution in [3.05, 3.63) is 59.2 Å². The maximum atomic E-state index is 3.21. The van der Waals surface area contributed by atoms with Gasteiger partial charge in [0, 0.05) is 9.79 Å². The van der Waals surface area contributed by atoms with E-state index in [1.165, 1.54) is 32.9 Å². The first kappa shape index (κ1) is 17.1. The van der Waals surface area contributed by atoms with Gasteiger partial charge in [0.1, 0.15) is 0 Å². The van der Waals surface area contributed by atoms with E-state index >= 15 is 0 Å². The van der Waals surface area contributed by atoms with Crippen molar-refractivity contribution in [1.29, 1.82) is 0 Å². The monoisotopic (exact) mass is 313 g/mol. The van der Waals surface area contributed by atoms with Gasteiger partial charge in [0.15, 0.2) is 0 Å². The van der Waals surface area contributed by atoms with Gasteiger partial charge in [0.2, 0.25) is 0 Å². The van der Waals surface area contributed by atoms with Crippen LogP contribution >= 0.6 is 11.8 Å². The summed E-state index contributed by atoms with van der Waals surface area (Å²) in [5, 5.41) is 3.21. The van der Waals surface area contributed by atoms with Gasteiger partial charge in [0.05, 0.1) is 0 Å². The highest BCUT2D eigenvalue weighted by molar-refractivity contribution is 7.99. The molecule has 0 atom stereocenters. The molecule has 0 bridgehead atoms. The Balaban J connectivity index is 2.11. The summed E-state index contributed by atoms with van der Waals surface area (Å²) in [6.07, 6.45) is 4.54. The predicted octanol–water partition coefficient (Wildman–Crippen LogP) is 5.11. The summed E-state index contributed by atoms with van der Waals surface area (Å²) < 4.78 is 0. The maximum absolute atomic E-state index is 3.21. The van der Waals surface area contributed by atoms with Crippen LogP contribution in [0.2, 0.25) is 0 Å². The topological polar surface area (TPSA) is 12.0 Å². The molecule has 0 aromatic heterocycles. The number of aryl methyl sites for hydroxylation is 3. The molecule has 1 nitrogen and oxygen atoms in total. The third-order valence-electron chi connectivity index (χ3n) is 3.93. The van der Waals surface area contributed by atoms with Crippen molar-refractivity contribution in [2.75, 3.05) is 13.6 Å². The summed E-state index contributed by atoms with van der Waals surface area (Å²) >= 11 is 1.90. The Morgan fingerprint density at radius 3 is 2.55 bits per heavy atom. The smallest absolute Gasteiger partial charge is 0.0154 e. The van der Waals surface area contributed by atoms with Crippen molar-refractivity contribution >= 4 is 11.8 Å². The van der Waals surface area contributed by atoms with E-state index in [9.17, 15) is 0 Å². The molecule has 0 saturated carbocycles. The van der Waals surface area contributed by atoms with Crippen LogP contribution in [0.1, 0.15) is 37.0 Å². The Hall–Kier alpha value is -1.25. The van der Waals surface area contributed by atoms with Crippen molar-refractivity contribution in [1.82, 2.24) is 5.32 Å². The first-order chi connectivity index (χ1) is 10.8. The van der Waals surface area contributed by atoms with Crippen molar-refractivity contribution in [3.63, 3.8) is 0 Å². The molecule has 0 aliphatic heterocycles. The third kappa shape index (κ3) is 4.89. The molecular formula is C20H27NS. The second-order valence-corrected chi connectivity index (χ2v) is 6.72. The van der Waals surface area contributed by atoms with Crippen LogP contribution in [-0.4, -0.2) is 13.6 Å². The Kier molecular flexibility index (Phi) is 7.01. The zero-order chi connectivity index (χ0) is 15.8. The van der Waals surface area contributed by atoms with Crippen LogP contribution in [0.25, 0.3) is 0 Å². The number of rotatable bonds is 8. The highest BCUT2D eigenvalue weighted by Crippen LogP contribution is 2.32. The van der Waals surface area contributed by atoms with E-state index < -0.39 is 0 Å². The number of benzene rings is 2. The van der Waals surface area contributed by atoms with Crippen molar-refractivity contribution in [2.24, 2.45) is 0 Å². The van der Waals surface area contributed by atoms with E-state index in [1.54, 1.807) is 0 Å². The molecule has 22 heavy (non-hydrogen) atoms. The molecule has 2 rings (SSSR count). The SMILES string of the molecule is CCc1ccc(Sc2cccc(CCCNC)c2)c(CC)c1. The molecule has 0 amide bonds. The molecule has 2 aromatic rings. The summed E-state index contributed by atoms with van der Waals surface area (Å²) in [5.41, 5.74) is 4.33. The summed E-state index contributed by atoms with van der Waals surface area (Å²) in [7, 11) is 2.01. The van der Waals surface area contributed by atoms with Gasteiger partial charge in [-0.2, -0.15) is 0 Å². The first-order valence-corrected chi connectivity index (χ1v) is 9.11. The minimum absolute atomic E-state index is 1.08. The van der Waals surface area contributed by atoms with Gasteiger partial charge < -0.3 is 5.32 Å². The molecule has 2 aromatic carbocycles. The summed E-state index contributed by atoms with van der Waals surface area (Å²) in [5.74, 6) is 0. The second kappa shape index (κ2) is 9.02. The fraction of sp³-hybridized carbons (Fsp3) is 0.400. The molecule has 0 heterocycles. The van der Waals surface area contributed by atoms with Gasteiger partial charge >= 0.3 is 0 Å². The zero-order valence-electron chi connectivity index (χ0n) is 14.0. The van der Waals surface area contributed by atoms with Gasteiger partial charge in [-0.15, -0.1) is 0 Å². The number of hydrogen-bond donors (Lipinski definition) is 1. The van der Waals surface area contributed by atoms with Gasteiger partial charge in [0.25, 0.3) is 0 Å². The quantitative estimate of drug-likeness (QED) is 0.679. The second-order valence-electron chi connectivity index (χ2n) is 5.61. The minimum atomic E-state index is 1.08. The van der Waals surface area contributed by atoms with E-state index in [-0.39, 0.29) is 0 Å². The van der Waals surface area contributed by atoms with Crippen LogP contribution < -0.4 is 5.32 Å². The molecule has 0 aliphatic rings. The molecule has 0 saturated heterocycles. The van der Waals surface area contributed by atoms with E-state index in [1.807, 2.05) is 18.8 Å². The molecule has 0 unspecified atom stereocenters. The number of nitrogens with one attached hydrogen (secondary N) is 1. The van der Waals surface area contributed by atoms with Crippen LogP contribution in [0.15, 0.2) is 52.3 Å². The van der Waals surface area contributed by atoms with E-state index in [2.05, 4.69) is 61.6 Å². The minimum Gasteiger partial charge on any atom is -0.320 e. The van der Waals surface area contributed by atoms with Gasteiger partial charge in [-0.3, -0.25) is 0 Å². The zero-order valence-corrected chi connectivity index (χ0v) is 14.8. The Morgan fingerprint density at radius 2 is 1.82 bits per heavy atom. The Bertz CT molecular complexity index is 592. The Morgan fingerprint density at radius 1 is 0.955 bits per heavy atom. The average Bonchev–Trinajstić information content (AvgIpc) is 2.56. The lowest BCUT2D eigenvalue weighted by molar-refractivity contribution is 0.724. The molecule has 0 aliphatic carbocycles. The van der Waals surface area contributed by atoms with Crippen LogP contribution in [0.3, 0.4) is 0 Å². The van der Waals surface area contributed by atoms with Gasteiger partial charge in [-0.05, 0) is 74.2 Å². The average molecular weight is 314 g/mol. The molecular weight excluding hydrogens is 286 g/mol. The third-order valence-corrected chi connectivity index (χ3v) is 5.04. The largest absolute Gasteiger partial charge is 0.320 e. The molecule has 1 N–H and O–H groups in total. The molecule has 0 fully saturated rings. The van der Waals surface area contributed by atoms with Crippen LogP contribution in [0.5, 0.6) is 0 Å². The lowest BCUT2D eigenvalue weighted by Crippen LogP contribution is -2.08. The molecule has 118 valence electrons. The fourth-order valence-electron chi connectivity index (χ4n) is 2.59.